The van der Waals surface area contributed by atoms with Crippen LogP contribution in [0.1, 0.15) is 15.9 Å². The number of rotatable bonds is 5. The second-order valence-electron chi connectivity index (χ2n) is 6.47. The summed E-state index contributed by atoms with van der Waals surface area (Å²) in [4.78, 5) is 30.7. The van der Waals surface area contributed by atoms with Gasteiger partial charge in [-0.3, -0.25) is 14.5 Å². The van der Waals surface area contributed by atoms with E-state index in [1.807, 2.05) is 6.07 Å². The number of hydrogen-bond acceptors (Lipinski definition) is 4. The topological polar surface area (TPSA) is 71.5 Å². The summed E-state index contributed by atoms with van der Waals surface area (Å²) in [6, 6.07) is 15.5. The molecule has 0 spiro atoms. The van der Waals surface area contributed by atoms with Crippen molar-refractivity contribution in [2.75, 3.05) is 11.9 Å². The van der Waals surface area contributed by atoms with Crippen LogP contribution in [0.15, 0.2) is 67.4 Å². The minimum absolute atomic E-state index is 0.154. The van der Waals surface area contributed by atoms with Crippen LogP contribution < -0.4 is 10.1 Å². The molecule has 1 aliphatic rings. The van der Waals surface area contributed by atoms with Gasteiger partial charge in [-0.25, -0.2) is 4.98 Å². The van der Waals surface area contributed by atoms with E-state index in [2.05, 4.69) is 16.9 Å². The van der Waals surface area contributed by atoms with Crippen LogP contribution >= 0.6 is 23.2 Å². The Morgan fingerprint density at radius 2 is 1.80 bits per heavy atom. The third-order valence-electron chi connectivity index (χ3n) is 4.48. The summed E-state index contributed by atoms with van der Waals surface area (Å²) in [5.41, 5.74) is 2.16. The second kappa shape index (κ2) is 8.18. The molecular formula is C22H15Cl2N3O3. The standard InChI is InChI=1S/C22H15Cl2N3O3/c1-13-15-6-2-3-7-16(15)22(29)27(13)12-20(28)26-18-8-4-5-9-19(18)30-21-17(24)10-14(23)11-25-21/h2-11H,1,12H2,(H,26,28). The number of halogens is 2. The van der Waals surface area contributed by atoms with E-state index in [4.69, 9.17) is 27.9 Å². The number of aromatic nitrogens is 1. The van der Waals surface area contributed by atoms with E-state index in [0.29, 0.717) is 27.7 Å². The lowest BCUT2D eigenvalue weighted by Crippen LogP contribution is -2.32. The molecule has 0 saturated carbocycles. The number of hydrogen-bond donors (Lipinski definition) is 1. The van der Waals surface area contributed by atoms with Gasteiger partial charge in [0, 0.05) is 23.0 Å². The summed E-state index contributed by atoms with van der Waals surface area (Å²) in [6.45, 7) is 3.76. The first-order valence-corrected chi connectivity index (χ1v) is 9.67. The number of carbonyl (C=O) groups is 2. The molecule has 0 fully saturated rings. The molecule has 1 N–H and O–H groups in total. The van der Waals surface area contributed by atoms with Gasteiger partial charge in [-0.2, -0.15) is 0 Å². The van der Waals surface area contributed by atoms with Gasteiger partial charge in [-0.05, 0) is 24.3 Å². The lowest BCUT2D eigenvalue weighted by atomic mass is 10.1. The summed E-state index contributed by atoms with van der Waals surface area (Å²) in [7, 11) is 0. The predicted octanol–water partition coefficient (Wildman–Crippen LogP) is 5.25. The van der Waals surface area contributed by atoms with Crippen LogP contribution in [0.25, 0.3) is 5.70 Å². The van der Waals surface area contributed by atoms with Crippen LogP contribution in [0, 0.1) is 0 Å². The molecule has 2 aromatic carbocycles. The van der Waals surface area contributed by atoms with Crippen LogP contribution in [0.2, 0.25) is 10.0 Å². The molecule has 3 aromatic rings. The van der Waals surface area contributed by atoms with Crippen LogP contribution in [-0.4, -0.2) is 28.2 Å². The van der Waals surface area contributed by atoms with Crippen molar-refractivity contribution in [2.45, 2.75) is 0 Å². The zero-order valence-corrected chi connectivity index (χ0v) is 17.1. The smallest absolute Gasteiger partial charge is 0.259 e. The van der Waals surface area contributed by atoms with E-state index >= 15 is 0 Å². The molecule has 2 heterocycles. The highest BCUT2D eigenvalue weighted by Gasteiger charge is 2.32. The highest BCUT2D eigenvalue weighted by atomic mass is 35.5. The minimum atomic E-state index is -0.400. The van der Waals surface area contributed by atoms with E-state index in [0.717, 1.165) is 5.56 Å². The molecule has 0 aliphatic carbocycles. The largest absolute Gasteiger partial charge is 0.435 e. The maximum Gasteiger partial charge on any atom is 0.259 e. The molecule has 8 heteroatoms. The summed E-state index contributed by atoms with van der Waals surface area (Å²) < 4.78 is 5.74. The van der Waals surface area contributed by atoms with E-state index < -0.39 is 5.91 Å². The van der Waals surface area contributed by atoms with Crippen LogP contribution in [0.4, 0.5) is 5.69 Å². The quantitative estimate of drug-likeness (QED) is 0.589. The highest BCUT2D eigenvalue weighted by Crippen LogP contribution is 2.34. The highest BCUT2D eigenvalue weighted by molar-refractivity contribution is 6.35. The molecule has 2 amide bonds. The molecule has 150 valence electrons. The number of para-hydroxylation sites is 2. The zero-order valence-electron chi connectivity index (χ0n) is 15.6. The van der Waals surface area contributed by atoms with Gasteiger partial charge in [0.15, 0.2) is 5.75 Å². The van der Waals surface area contributed by atoms with Crippen molar-refractivity contribution in [2.24, 2.45) is 0 Å². The van der Waals surface area contributed by atoms with Crippen molar-refractivity contribution in [3.8, 4) is 11.6 Å². The number of pyridine rings is 1. The number of ether oxygens (including phenoxy) is 1. The van der Waals surface area contributed by atoms with Gasteiger partial charge >= 0.3 is 0 Å². The van der Waals surface area contributed by atoms with Crippen molar-refractivity contribution in [1.29, 1.82) is 0 Å². The maximum absolute atomic E-state index is 12.7. The van der Waals surface area contributed by atoms with Crippen LogP contribution in [0.3, 0.4) is 0 Å². The minimum Gasteiger partial charge on any atom is -0.435 e. The molecular weight excluding hydrogens is 425 g/mol. The average Bonchev–Trinajstić information content (AvgIpc) is 2.96. The monoisotopic (exact) mass is 439 g/mol. The van der Waals surface area contributed by atoms with Gasteiger partial charge in [0.2, 0.25) is 11.8 Å². The third-order valence-corrected chi connectivity index (χ3v) is 4.96. The lowest BCUT2D eigenvalue weighted by molar-refractivity contribution is -0.116. The normalized spacial score (nSPS) is 12.7. The Hall–Kier alpha value is -3.35. The molecule has 4 rings (SSSR count). The fraction of sp³-hybridized carbons (Fsp3) is 0.0455. The number of fused-ring (bicyclic) bond motifs is 1. The van der Waals surface area contributed by atoms with Gasteiger partial charge in [0.05, 0.1) is 10.7 Å². The van der Waals surface area contributed by atoms with Gasteiger partial charge in [-0.15, -0.1) is 0 Å². The second-order valence-corrected chi connectivity index (χ2v) is 7.31. The Morgan fingerprint density at radius 3 is 2.53 bits per heavy atom. The molecule has 0 saturated heterocycles. The number of anilines is 1. The fourth-order valence-corrected chi connectivity index (χ4v) is 3.49. The van der Waals surface area contributed by atoms with Gasteiger partial charge in [0.1, 0.15) is 11.6 Å². The molecule has 1 aliphatic heterocycles. The van der Waals surface area contributed by atoms with Crippen molar-refractivity contribution in [3.05, 3.63) is 88.5 Å². The Bertz CT molecular complexity index is 1140. The third kappa shape index (κ3) is 3.87. The predicted molar refractivity (Wildman–Crippen MR) is 116 cm³/mol. The SMILES string of the molecule is C=C1c2ccccc2C(=O)N1CC(=O)Nc1ccccc1Oc1ncc(Cl)cc1Cl. The molecule has 1 aromatic heterocycles. The van der Waals surface area contributed by atoms with Crippen molar-refractivity contribution >= 4 is 46.4 Å². The first kappa shape index (κ1) is 19.9. The lowest BCUT2D eigenvalue weighted by Gasteiger charge is -2.18. The summed E-state index contributed by atoms with van der Waals surface area (Å²) in [5.74, 6) is -0.158. The summed E-state index contributed by atoms with van der Waals surface area (Å²) in [6.07, 6.45) is 1.41. The Morgan fingerprint density at radius 1 is 1.10 bits per heavy atom. The maximum atomic E-state index is 12.7. The van der Waals surface area contributed by atoms with E-state index in [9.17, 15) is 9.59 Å². The Balaban J connectivity index is 1.49. The molecule has 0 bridgehead atoms. The molecule has 6 nitrogen and oxygen atoms in total. The first-order valence-electron chi connectivity index (χ1n) is 8.92. The number of benzene rings is 2. The van der Waals surface area contributed by atoms with Gasteiger partial charge in [-0.1, -0.05) is 60.1 Å². The van der Waals surface area contributed by atoms with E-state index in [1.165, 1.54) is 17.2 Å². The van der Waals surface area contributed by atoms with Crippen molar-refractivity contribution in [1.82, 2.24) is 9.88 Å². The molecule has 0 atom stereocenters. The van der Waals surface area contributed by atoms with Crippen LogP contribution in [0.5, 0.6) is 11.6 Å². The summed E-state index contributed by atoms with van der Waals surface area (Å²) >= 11 is 12.0. The number of carbonyl (C=O) groups excluding carboxylic acids is 2. The van der Waals surface area contributed by atoms with Crippen molar-refractivity contribution in [3.63, 3.8) is 0 Å². The number of amides is 2. The Labute approximate surface area is 182 Å². The van der Waals surface area contributed by atoms with Crippen molar-refractivity contribution < 1.29 is 14.3 Å². The Kier molecular flexibility index (Phi) is 5.44. The zero-order chi connectivity index (χ0) is 21.3. The average molecular weight is 440 g/mol. The molecule has 30 heavy (non-hydrogen) atoms. The fourth-order valence-electron chi connectivity index (χ4n) is 3.08. The van der Waals surface area contributed by atoms with Crippen LogP contribution in [-0.2, 0) is 4.79 Å². The van der Waals surface area contributed by atoms with Gasteiger partial charge in [0.25, 0.3) is 5.91 Å². The number of nitrogens with zero attached hydrogens (tertiary/aromatic N) is 2. The number of nitrogens with one attached hydrogen (secondary N) is 1. The van der Waals surface area contributed by atoms with Gasteiger partial charge < -0.3 is 10.1 Å². The first-order chi connectivity index (χ1) is 14.4. The van der Waals surface area contributed by atoms with E-state index in [-0.39, 0.29) is 23.4 Å². The molecule has 0 unspecified atom stereocenters. The van der Waals surface area contributed by atoms with E-state index in [1.54, 1.807) is 42.5 Å². The summed E-state index contributed by atoms with van der Waals surface area (Å²) in [5, 5.41) is 3.38. The molecule has 0 radical (unpaired) electrons.